The number of carbonyl (C=O) groups is 1. The molecule has 0 saturated carbocycles. The lowest BCUT2D eigenvalue weighted by atomic mass is 10.3. The van der Waals surface area contributed by atoms with Gasteiger partial charge in [0.25, 0.3) is 5.91 Å². The molecule has 2 rings (SSSR count). The number of pyridine rings is 1. The van der Waals surface area contributed by atoms with Crippen molar-refractivity contribution in [2.24, 2.45) is 0 Å². The molecule has 1 N–H and O–H groups in total. The number of hydrogen-bond acceptors (Lipinski definition) is 2. The molecule has 1 amide bonds. The number of aromatic nitrogens is 1. The van der Waals surface area contributed by atoms with Gasteiger partial charge >= 0.3 is 0 Å². The van der Waals surface area contributed by atoms with E-state index in [9.17, 15) is 9.18 Å². The quantitative estimate of drug-likeness (QED) is 0.908. The second kappa shape index (κ2) is 5.46. The molecule has 1 aromatic heterocycles. The number of amides is 1. The molecule has 3 nitrogen and oxygen atoms in total. The van der Waals surface area contributed by atoms with Crippen LogP contribution in [-0.4, -0.2) is 10.9 Å². The molecule has 0 aliphatic carbocycles. The first-order chi connectivity index (χ1) is 8.58. The van der Waals surface area contributed by atoms with E-state index in [1.165, 1.54) is 24.4 Å². The summed E-state index contributed by atoms with van der Waals surface area (Å²) in [5.74, 6) is -0.932. The summed E-state index contributed by atoms with van der Waals surface area (Å²) in [6.45, 7) is 0. The Balaban J connectivity index is 2.22. The molecule has 0 saturated heterocycles. The van der Waals surface area contributed by atoms with E-state index < -0.39 is 11.7 Å². The van der Waals surface area contributed by atoms with E-state index in [-0.39, 0.29) is 10.7 Å². The maximum absolute atomic E-state index is 13.0. The van der Waals surface area contributed by atoms with Crippen molar-refractivity contribution in [3.8, 4) is 0 Å². The summed E-state index contributed by atoms with van der Waals surface area (Å²) in [4.78, 5) is 15.8. The fourth-order valence-corrected chi connectivity index (χ4v) is 1.93. The van der Waals surface area contributed by atoms with Crippen molar-refractivity contribution in [1.29, 1.82) is 0 Å². The van der Waals surface area contributed by atoms with Crippen LogP contribution in [0.25, 0.3) is 0 Å². The Hall–Kier alpha value is -1.46. The topological polar surface area (TPSA) is 42.0 Å². The van der Waals surface area contributed by atoms with Gasteiger partial charge in [-0.1, -0.05) is 11.6 Å². The van der Waals surface area contributed by atoms with Crippen LogP contribution in [0.5, 0.6) is 0 Å². The van der Waals surface area contributed by atoms with Gasteiger partial charge in [0.15, 0.2) is 0 Å². The normalized spacial score (nSPS) is 10.2. The fourth-order valence-electron chi connectivity index (χ4n) is 1.32. The van der Waals surface area contributed by atoms with E-state index in [0.717, 1.165) is 0 Å². The van der Waals surface area contributed by atoms with Crippen LogP contribution in [0.15, 0.2) is 41.0 Å². The van der Waals surface area contributed by atoms with Crippen LogP contribution in [0.4, 0.5) is 10.1 Å². The maximum atomic E-state index is 13.0. The van der Waals surface area contributed by atoms with Gasteiger partial charge in [0.05, 0.1) is 5.02 Å². The number of nitrogens with one attached hydrogen (secondary N) is 1. The molecule has 0 aliphatic rings. The Kier molecular flexibility index (Phi) is 3.93. The van der Waals surface area contributed by atoms with Gasteiger partial charge in [-0.25, -0.2) is 9.37 Å². The molecule has 2 aromatic rings. The highest BCUT2D eigenvalue weighted by Crippen LogP contribution is 2.21. The van der Waals surface area contributed by atoms with Crippen molar-refractivity contribution in [2.75, 3.05) is 5.32 Å². The lowest BCUT2D eigenvalue weighted by Crippen LogP contribution is -2.14. The van der Waals surface area contributed by atoms with Gasteiger partial charge in [-0.05, 0) is 46.3 Å². The summed E-state index contributed by atoms with van der Waals surface area (Å²) in [5, 5.41) is 2.54. The van der Waals surface area contributed by atoms with Gasteiger partial charge in [-0.2, -0.15) is 0 Å². The minimum absolute atomic E-state index is 0.0483. The van der Waals surface area contributed by atoms with Crippen LogP contribution in [0.2, 0.25) is 5.02 Å². The molecule has 0 bridgehead atoms. The van der Waals surface area contributed by atoms with Crippen LogP contribution < -0.4 is 5.32 Å². The number of rotatable bonds is 2. The first-order valence-electron chi connectivity index (χ1n) is 4.95. The summed E-state index contributed by atoms with van der Waals surface area (Å²) in [6.07, 6.45) is 1.51. The van der Waals surface area contributed by atoms with E-state index in [2.05, 4.69) is 26.2 Å². The van der Waals surface area contributed by atoms with Crippen molar-refractivity contribution < 1.29 is 9.18 Å². The minimum atomic E-state index is -0.534. The second-order valence-electron chi connectivity index (χ2n) is 3.42. The first-order valence-corrected chi connectivity index (χ1v) is 6.12. The van der Waals surface area contributed by atoms with Crippen LogP contribution in [-0.2, 0) is 0 Å². The predicted molar refractivity (Wildman–Crippen MR) is 71.3 cm³/mol. The van der Waals surface area contributed by atoms with E-state index in [0.29, 0.717) is 10.2 Å². The van der Waals surface area contributed by atoms with E-state index in [1.54, 1.807) is 12.1 Å². The third-order valence-electron chi connectivity index (χ3n) is 2.15. The average Bonchev–Trinajstić information content (AvgIpc) is 2.34. The third-order valence-corrected chi connectivity index (χ3v) is 3.08. The number of halogens is 3. The first kappa shape index (κ1) is 13.0. The zero-order valence-corrected chi connectivity index (χ0v) is 11.3. The maximum Gasteiger partial charge on any atom is 0.275 e. The SMILES string of the molecule is O=C(Nc1ccc(F)c(Cl)c1)c1ncccc1Br. The van der Waals surface area contributed by atoms with Crippen molar-refractivity contribution in [3.63, 3.8) is 0 Å². The van der Waals surface area contributed by atoms with Crippen molar-refractivity contribution in [1.82, 2.24) is 4.98 Å². The van der Waals surface area contributed by atoms with E-state index in [1.807, 2.05) is 0 Å². The van der Waals surface area contributed by atoms with E-state index in [4.69, 9.17) is 11.6 Å². The smallest absolute Gasteiger partial charge is 0.275 e. The summed E-state index contributed by atoms with van der Waals surface area (Å²) in [7, 11) is 0. The van der Waals surface area contributed by atoms with Crippen molar-refractivity contribution >= 4 is 39.1 Å². The van der Waals surface area contributed by atoms with Gasteiger partial charge in [-0.3, -0.25) is 4.79 Å². The summed E-state index contributed by atoms with van der Waals surface area (Å²) in [6, 6.07) is 7.36. The van der Waals surface area contributed by atoms with Crippen molar-refractivity contribution in [2.45, 2.75) is 0 Å². The Morgan fingerprint density at radius 1 is 1.39 bits per heavy atom. The monoisotopic (exact) mass is 328 g/mol. The number of nitrogens with zero attached hydrogens (tertiary/aromatic N) is 1. The molecule has 0 radical (unpaired) electrons. The van der Waals surface area contributed by atoms with Crippen LogP contribution in [0.1, 0.15) is 10.5 Å². The summed E-state index contributed by atoms with van der Waals surface area (Å²) < 4.78 is 13.5. The highest BCUT2D eigenvalue weighted by atomic mass is 79.9. The molecule has 0 atom stereocenters. The fraction of sp³-hybridized carbons (Fsp3) is 0. The number of benzene rings is 1. The van der Waals surface area contributed by atoms with Crippen LogP contribution >= 0.6 is 27.5 Å². The van der Waals surface area contributed by atoms with Crippen LogP contribution in [0.3, 0.4) is 0 Å². The van der Waals surface area contributed by atoms with Gasteiger partial charge in [-0.15, -0.1) is 0 Å². The Morgan fingerprint density at radius 2 is 2.17 bits per heavy atom. The molecular formula is C12H7BrClFN2O. The van der Waals surface area contributed by atoms with E-state index >= 15 is 0 Å². The van der Waals surface area contributed by atoms with Gasteiger partial charge < -0.3 is 5.32 Å². The molecule has 92 valence electrons. The molecular weight excluding hydrogens is 322 g/mol. The van der Waals surface area contributed by atoms with Crippen molar-refractivity contribution in [3.05, 3.63) is 57.5 Å². The molecule has 0 unspecified atom stereocenters. The zero-order chi connectivity index (χ0) is 13.1. The van der Waals surface area contributed by atoms with Gasteiger partial charge in [0.2, 0.25) is 0 Å². The second-order valence-corrected chi connectivity index (χ2v) is 4.68. The van der Waals surface area contributed by atoms with Gasteiger partial charge in [0.1, 0.15) is 11.5 Å². The number of hydrogen-bond donors (Lipinski definition) is 1. The lowest BCUT2D eigenvalue weighted by molar-refractivity contribution is 0.102. The zero-order valence-electron chi connectivity index (χ0n) is 8.95. The average molecular weight is 330 g/mol. The standard InChI is InChI=1S/C12H7BrClFN2O/c13-8-2-1-5-16-11(8)12(18)17-7-3-4-10(15)9(14)6-7/h1-6H,(H,17,18). The molecule has 18 heavy (non-hydrogen) atoms. The highest BCUT2D eigenvalue weighted by molar-refractivity contribution is 9.10. The molecule has 6 heteroatoms. The number of anilines is 1. The third kappa shape index (κ3) is 2.86. The number of carbonyl (C=O) groups excluding carboxylic acids is 1. The summed E-state index contributed by atoms with van der Waals surface area (Å²) >= 11 is 8.85. The molecule has 0 spiro atoms. The largest absolute Gasteiger partial charge is 0.321 e. The van der Waals surface area contributed by atoms with Gasteiger partial charge in [0, 0.05) is 16.4 Å². The predicted octanol–water partition coefficient (Wildman–Crippen LogP) is 3.89. The van der Waals surface area contributed by atoms with Crippen LogP contribution in [0, 0.1) is 5.82 Å². The molecule has 0 fully saturated rings. The molecule has 1 heterocycles. The highest BCUT2D eigenvalue weighted by Gasteiger charge is 2.11. The Bertz CT molecular complexity index is 606. The Labute approximate surface area is 116 Å². The molecule has 1 aromatic carbocycles. The molecule has 0 aliphatic heterocycles. The Morgan fingerprint density at radius 3 is 2.83 bits per heavy atom. The summed E-state index contributed by atoms with van der Waals surface area (Å²) in [5.41, 5.74) is 0.655. The minimum Gasteiger partial charge on any atom is -0.321 e. The lowest BCUT2D eigenvalue weighted by Gasteiger charge is -2.06.